The van der Waals surface area contributed by atoms with E-state index in [1.54, 1.807) is 0 Å². The third-order valence-corrected chi connectivity index (χ3v) is 9.29. The molecule has 6 rings (SSSR count). The molecule has 2 N–H and O–H groups in total. The van der Waals surface area contributed by atoms with Crippen LogP contribution in [-0.4, -0.2) is 74.4 Å². The van der Waals surface area contributed by atoms with Gasteiger partial charge in [-0.25, -0.2) is 9.50 Å². The number of aliphatic hydroxyl groups excluding tert-OH is 1. The SMILES string of the molecule is CCC1(Nc2ncc3c(-c4ccc(CN5CCN(C)CC5)cc4)cc(C4CCC(O)CC4)n3n2)CCC1. The van der Waals surface area contributed by atoms with Crippen LogP contribution in [0.3, 0.4) is 0 Å². The molecular formula is C30H42N6O. The molecule has 1 saturated heterocycles. The average Bonchev–Trinajstić information content (AvgIpc) is 3.27. The van der Waals surface area contributed by atoms with Crippen LogP contribution in [-0.2, 0) is 6.54 Å². The Labute approximate surface area is 220 Å². The molecule has 2 aliphatic carbocycles. The normalized spacial score (nSPS) is 24.7. The van der Waals surface area contributed by atoms with Crippen molar-refractivity contribution >= 4 is 11.5 Å². The summed E-state index contributed by atoms with van der Waals surface area (Å²) in [5.41, 5.74) is 6.26. The molecule has 0 bridgehead atoms. The summed E-state index contributed by atoms with van der Waals surface area (Å²) in [4.78, 5) is 9.74. The molecule has 7 nitrogen and oxygen atoms in total. The molecule has 198 valence electrons. The number of hydrogen-bond acceptors (Lipinski definition) is 6. The lowest BCUT2D eigenvalue weighted by Gasteiger charge is -2.41. The number of anilines is 1. The highest BCUT2D eigenvalue weighted by Gasteiger charge is 2.36. The van der Waals surface area contributed by atoms with Crippen LogP contribution in [0, 0.1) is 0 Å². The van der Waals surface area contributed by atoms with Crippen molar-refractivity contribution < 1.29 is 5.11 Å². The Balaban J connectivity index is 1.30. The molecule has 3 aromatic rings. The fourth-order valence-corrected chi connectivity index (χ4v) is 6.43. The van der Waals surface area contributed by atoms with Crippen molar-refractivity contribution in [1.82, 2.24) is 24.4 Å². The number of hydrogen-bond donors (Lipinski definition) is 2. The molecule has 2 saturated carbocycles. The van der Waals surface area contributed by atoms with E-state index in [0.29, 0.717) is 5.92 Å². The van der Waals surface area contributed by atoms with Crippen molar-refractivity contribution in [1.29, 1.82) is 0 Å². The molecule has 0 unspecified atom stereocenters. The molecule has 3 fully saturated rings. The standard InChI is InChI=1S/C30H42N6O/c1-3-30(13-4-14-30)32-29-31-20-28-26(19-27(36(28)33-29)24-9-11-25(37)12-10-24)23-7-5-22(6-8-23)21-35-17-15-34(2)16-18-35/h5-8,19-20,24-25,37H,3-4,9-18,21H2,1-2H3,(H,32,33). The smallest absolute Gasteiger partial charge is 0.241 e. The van der Waals surface area contributed by atoms with E-state index >= 15 is 0 Å². The molecule has 37 heavy (non-hydrogen) atoms. The quantitative estimate of drug-likeness (QED) is 0.479. The maximum atomic E-state index is 10.1. The summed E-state index contributed by atoms with van der Waals surface area (Å²) in [5.74, 6) is 1.14. The van der Waals surface area contributed by atoms with Gasteiger partial charge in [0, 0.05) is 55.4 Å². The minimum Gasteiger partial charge on any atom is -0.393 e. The van der Waals surface area contributed by atoms with E-state index in [1.165, 1.54) is 41.6 Å². The second kappa shape index (κ2) is 10.4. The van der Waals surface area contributed by atoms with Gasteiger partial charge in [-0.05, 0) is 75.6 Å². The first-order valence-electron chi connectivity index (χ1n) is 14.4. The number of aromatic nitrogens is 3. The van der Waals surface area contributed by atoms with Gasteiger partial charge in [0.15, 0.2) is 0 Å². The van der Waals surface area contributed by atoms with E-state index in [1.807, 2.05) is 6.20 Å². The largest absolute Gasteiger partial charge is 0.393 e. The summed E-state index contributed by atoms with van der Waals surface area (Å²) in [5, 5.41) is 18.8. The van der Waals surface area contributed by atoms with Gasteiger partial charge in [-0.2, -0.15) is 0 Å². The van der Waals surface area contributed by atoms with Crippen molar-refractivity contribution in [2.75, 3.05) is 38.5 Å². The van der Waals surface area contributed by atoms with Crippen molar-refractivity contribution in [2.45, 2.75) is 82.4 Å². The molecule has 7 heteroatoms. The van der Waals surface area contributed by atoms with Gasteiger partial charge >= 0.3 is 0 Å². The predicted molar refractivity (Wildman–Crippen MR) is 149 cm³/mol. The van der Waals surface area contributed by atoms with E-state index in [4.69, 9.17) is 10.1 Å². The maximum absolute atomic E-state index is 10.1. The highest BCUT2D eigenvalue weighted by atomic mass is 16.3. The summed E-state index contributed by atoms with van der Waals surface area (Å²) >= 11 is 0. The van der Waals surface area contributed by atoms with E-state index in [9.17, 15) is 5.11 Å². The second-order valence-electron chi connectivity index (χ2n) is 11.8. The first-order chi connectivity index (χ1) is 18.0. The average molecular weight is 503 g/mol. The van der Waals surface area contributed by atoms with Crippen LogP contribution in [0.5, 0.6) is 0 Å². The highest BCUT2D eigenvalue weighted by molar-refractivity contribution is 5.81. The highest BCUT2D eigenvalue weighted by Crippen LogP contribution is 2.39. The summed E-state index contributed by atoms with van der Waals surface area (Å²) in [6.45, 7) is 7.82. The number of aliphatic hydroxyl groups is 1. The number of likely N-dealkylation sites (N-methyl/N-ethyl adjacent to an activating group) is 1. The number of piperazine rings is 1. The Morgan fingerprint density at radius 2 is 1.76 bits per heavy atom. The van der Waals surface area contributed by atoms with Crippen LogP contribution >= 0.6 is 0 Å². The number of benzene rings is 1. The Kier molecular flexibility index (Phi) is 6.95. The predicted octanol–water partition coefficient (Wildman–Crippen LogP) is 4.91. The van der Waals surface area contributed by atoms with Gasteiger partial charge in [-0.1, -0.05) is 31.2 Å². The Bertz CT molecular complexity index is 1200. The van der Waals surface area contributed by atoms with Crippen molar-refractivity contribution in [3.05, 3.63) is 47.8 Å². The third-order valence-electron chi connectivity index (χ3n) is 9.29. The van der Waals surface area contributed by atoms with E-state index in [-0.39, 0.29) is 11.6 Å². The third kappa shape index (κ3) is 5.14. The van der Waals surface area contributed by atoms with E-state index < -0.39 is 0 Å². The van der Waals surface area contributed by atoms with Crippen molar-refractivity contribution in [3.63, 3.8) is 0 Å². The lowest BCUT2D eigenvalue weighted by Crippen LogP contribution is -2.44. The lowest BCUT2D eigenvalue weighted by atomic mass is 9.75. The van der Waals surface area contributed by atoms with Crippen LogP contribution < -0.4 is 5.32 Å². The van der Waals surface area contributed by atoms with Crippen LogP contribution in [0.4, 0.5) is 5.95 Å². The van der Waals surface area contributed by atoms with E-state index in [0.717, 1.165) is 76.3 Å². The zero-order chi connectivity index (χ0) is 25.4. The van der Waals surface area contributed by atoms with E-state index in [2.05, 4.69) is 63.9 Å². The summed E-state index contributed by atoms with van der Waals surface area (Å²) < 4.78 is 2.15. The topological polar surface area (TPSA) is 68.9 Å². The lowest BCUT2D eigenvalue weighted by molar-refractivity contribution is 0.121. The van der Waals surface area contributed by atoms with Crippen LogP contribution in [0.1, 0.15) is 75.5 Å². The summed E-state index contributed by atoms with van der Waals surface area (Å²) in [6.07, 6.45) is 10.3. The first-order valence-corrected chi connectivity index (χ1v) is 14.4. The monoisotopic (exact) mass is 502 g/mol. The molecule has 0 spiro atoms. The number of fused-ring (bicyclic) bond motifs is 1. The van der Waals surface area contributed by atoms with Gasteiger partial charge in [-0.15, -0.1) is 5.10 Å². The second-order valence-corrected chi connectivity index (χ2v) is 11.8. The van der Waals surface area contributed by atoms with Gasteiger partial charge in [0.05, 0.1) is 17.8 Å². The zero-order valence-electron chi connectivity index (χ0n) is 22.5. The summed E-state index contributed by atoms with van der Waals surface area (Å²) in [7, 11) is 2.20. The summed E-state index contributed by atoms with van der Waals surface area (Å²) in [6, 6.07) is 11.4. The van der Waals surface area contributed by atoms with Crippen LogP contribution in [0.15, 0.2) is 36.5 Å². The van der Waals surface area contributed by atoms with Crippen molar-refractivity contribution in [3.8, 4) is 11.1 Å². The van der Waals surface area contributed by atoms with Gasteiger partial charge in [-0.3, -0.25) is 4.90 Å². The van der Waals surface area contributed by atoms with Gasteiger partial charge in [0.1, 0.15) is 0 Å². The Morgan fingerprint density at radius 1 is 1.03 bits per heavy atom. The number of nitrogens with zero attached hydrogens (tertiary/aromatic N) is 5. The zero-order valence-corrected chi connectivity index (χ0v) is 22.5. The minimum atomic E-state index is -0.162. The fourth-order valence-electron chi connectivity index (χ4n) is 6.43. The van der Waals surface area contributed by atoms with Crippen LogP contribution in [0.2, 0.25) is 0 Å². The Hall–Kier alpha value is -2.48. The molecule has 1 aliphatic heterocycles. The van der Waals surface area contributed by atoms with Gasteiger partial charge < -0.3 is 15.3 Å². The molecule has 0 atom stereocenters. The van der Waals surface area contributed by atoms with Gasteiger partial charge in [0.2, 0.25) is 5.95 Å². The number of nitrogens with one attached hydrogen (secondary N) is 1. The molecule has 1 aromatic carbocycles. The molecule has 0 amide bonds. The first kappa shape index (κ1) is 24.8. The van der Waals surface area contributed by atoms with Crippen LogP contribution in [0.25, 0.3) is 16.6 Å². The molecule has 0 radical (unpaired) electrons. The fraction of sp³-hybridized carbons (Fsp3) is 0.600. The minimum absolute atomic E-state index is 0.151. The maximum Gasteiger partial charge on any atom is 0.241 e. The molecule has 2 aromatic heterocycles. The van der Waals surface area contributed by atoms with Crippen molar-refractivity contribution in [2.24, 2.45) is 0 Å². The van der Waals surface area contributed by atoms with Gasteiger partial charge in [0.25, 0.3) is 0 Å². The Morgan fingerprint density at radius 3 is 2.41 bits per heavy atom. The molecule has 3 heterocycles. The molecule has 3 aliphatic rings. The number of rotatable bonds is 7. The molecular weight excluding hydrogens is 460 g/mol.